The Bertz CT molecular complexity index is 891. The van der Waals surface area contributed by atoms with E-state index in [1.165, 1.54) is 19.2 Å². The fraction of sp³-hybridized carbons (Fsp3) is 0.353. The maximum atomic E-state index is 14.4. The van der Waals surface area contributed by atoms with Crippen molar-refractivity contribution in [3.63, 3.8) is 0 Å². The lowest BCUT2D eigenvalue weighted by molar-refractivity contribution is -0.384. The molecule has 1 aromatic heterocycles. The van der Waals surface area contributed by atoms with Gasteiger partial charge in [0.05, 0.1) is 18.0 Å². The van der Waals surface area contributed by atoms with Gasteiger partial charge in [0.25, 0.3) is 0 Å². The van der Waals surface area contributed by atoms with Gasteiger partial charge in [-0.15, -0.1) is 0 Å². The lowest BCUT2D eigenvalue weighted by Crippen LogP contribution is -2.20. The molecule has 1 aromatic carbocycles. The molecule has 2 aromatic rings. The summed E-state index contributed by atoms with van der Waals surface area (Å²) in [6.07, 6.45) is 2.53. The van der Waals surface area contributed by atoms with Crippen LogP contribution in [0, 0.1) is 15.9 Å². The Labute approximate surface area is 153 Å². The molecule has 3 rings (SSSR count). The first kappa shape index (κ1) is 18.2. The van der Waals surface area contributed by atoms with E-state index in [-0.39, 0.29) is 22.9 Å². The summed E-state index contributed by atoms with van der Waals surface area (Å²) < 4.78 is 19.4. The number of ether oxygens (including phenoxy) is 1. The van der Waals surface area contributed by atoms with Crippen LogP contribution in [0.5, 0.6) is 5.75 Å². The number of benzene rings is 1. The summed E-state index contributed by atoms with van der Waals surface area (Å²) in [6, 6.07) is 3.81. The van der Waals surface area contributed by atoms with Gasteiger partial charge in [0.15, 0.2) is 5.69 Å². The van der Waals surface area contributed by atoms with Crippen molar-refractivity contribution in [1.29, 1.82) is 0 Å². The molecule has 1 fully saturated rings. The van der Waals surface area contributed by atoms with Crippen LogP contribution >= 0.6 is 11.6 Å². The molecule has 1 atom stereocenters. The summed E-state index contributed by atoms with van der Waals surface area (Å²) in [5, 5.41) is 11.0. The fourth-order valence-corrected chi connectivity index (χ4v) is 3.26. The molecule has 26 heavy (non-hydrogen) atoms. The van der Waals surface area contributed by atoms with Gasteiger partial charge >= 0.3 is 5.69 Å². The van der Waals surface area contributed by atoms with E-state index >= 15 is 0 Å². The van der Waals surface area contributed by atoms with E-state index in [1.807, 2.05) is 0 Å². The van der Waals surface area contributed by atoms with E-state index in [9.17, 15) is 19.3 Å². The highest BCUT2D eigenvalue weighted by atomic mass is 35.5. The van der Waals surface area contributed by atoms with Crippen LogP contribution in [0.1, 0.15) is 37.4 Å². The quantitative estimate of drug-likeness (QED) is 0.451. The van der Waals surface area contributed by atoms with Crippen LogP contribution in [-0.4, -0.2) is 27.8 Å². The van der Waals surface area contributed by atoms with Gasteiger partial charge in [-0.05, 0) is 31.0 Å². The van der Waals surface area contributed by atoms with Crippen molar-refractivity contribution in [2.75, 3.05) is 7.11 Å². The number of carbonyl (C=O) groups is 1. The van der Waals surface area contributed by atoms with E-state index in [0.29, 0.717) is 18.6 Å². The Balaban J connectivity index is 2.22. The number of aromatic nitrogens is 2. The van der Waals surface area contributed by atoms with Crippen molar-refractivity contribution in [2.24, 2.45) is 0 Å². The van der Waals surface area contributed by atoms with Crippen LogP contribution < -0.4 is 4.74 Å². The molecule has 0 saturated heterocycles. The fourth-order valence-electron chi connectivity index (χ4n) is 3.02. The molecular formula is C17H15ClFN3O4. The monoisotopic (exact) mass is 379 g/mol. The number of halogens is 2. The second kappa shape index (κ2) is 7.33. The third kappa shape index (κ3) is 3.37. The SMILES string of the molecule is COc1ccc(F)c(-c2nc(C3CCCCC3=O)nc(Cl)c2[N+](=O)[O-])c1. The number of methoxy groups -OCH3 is 1. The lowest BCUT2D eigenvalue weighted by atomic mass is 9.87. The van der Waals surface area contributed by atoms with E-state index < -0.39 is 27.5 Å². The van der Waals surface area contributed by atoms with Crippen molar-refractivity contribution >= 4 is 23.1 Å². The second-order valence-electron chi connectivity index (χ2n) is 5.94. The van der Waals surface area contributed by atoms with Gasteiger partial charge in [-0.2, -0.15) is 0 Å². The van der Waals surface area contributed by atoms with Crippen LogP contribution in [0.3, 0.4) is 0 Å². The van der Waals surface area contributed by atoms with Crippen LogP contribution in [0.2, 0.25) is 5.15 Å². The Morgan fingerprint density at radius 2 is 2.12 bits per heavy atom. The standard InChI is InChI=1S/C17H15ClFN3O4/c1-26-9-6-7-12(19)11(8-9)14-15(22(24)25)16(18)21-17(20-14)10-4-2-3-5-13(10)23/h6-8,10H,2-5H2,1H3. The lowest BCUT2D eigenvalue weighted by Gasteiger charge is -2.19. The van der Waals surface area contributed by atoms with E-state index in [1.54, 1.807) is 0 Å². The first-order valence-electron chi connectivity index (χ1n) is 8.00. The zero-order valence-electron chi connectivity index (χ0n) is 13.9. The Kier molecular flexibility index (Phi) is 5.13. The molecule has 1 aliphatic rings. The maximum Gasteiger partial charge on any atom is 0.332 e. The summed E-state index contributed by atoms with van der Waals surface area (Å²) in [7, 11) is 1.39. The largest absolute Gasteiger partial charge is 0.497 e. The van der Waals surface area contributed by atoms with Gasteiger partial charge in [-0.25, -0.2) is 14.4 Å². The second-order valence-corrected chi connectivity index (χ2v) is 6.30. The summed E-state index contributed by atoms with van der Waals surface area (Å²) in [6.45, 7) is 0. The number of nitro groups is 1. The number of nitrogens with zero attached hydrogens (tertiary/aromatic N) is 3. The molecule has 7 nitrogen and oxygen atoms in total. The third-order valence-corrected chi connectivity index (χ3v) is 4.60. The molecule has 1 saturated carbocycles. The number of Topliss-reactive ketones (excluding diaryl/α,β-unsaturated/α-hetero) is 1. The molecule has 9 heteroatoms. The van der Waals surface area contributed by atoms with Gasteiger partial charge in [0.1, 0.15) is 23.2 Å². The van der Waals surface area contributed by atoms with Gasteiger partial charge in [-0.3, -0.25) is 14.9 Å². The van der Waals surface area contributed by atoms with Gasteiger partial charge in [0.2, 0.25) is 5.15 Å². The average Bonchev–Trinajstić information content (AvgIpc) is 2.61. The maximum absolute atomic E-state index is 14.4. The van der Waals surface area contributed by atoms with Crippen molar-refractivity contribution in [3.8, 4) is 17.0 Å². The predicted molar refractivity (Wildman–Crippen MR) is 91.9 cm³/mol. The smallest absolute Gasteiger partial charge is 0.332 e. The Morgan fingerprint density at radius 1 is 1.35 bits per heavy atom. The molecule has 1 heterocycles. The molecule has 0 bridgehead atoms. The normalized spacial score (nSPS) is 17.2. The zero-order chi connectivity index (χ0) is 18.8. The van der Waals surface area contributed by atoms with Crippen LogP contribution in [-0.2, 0) is 4.79 Å². The molecule has 1 unspecified atom stereocenters. The minimum atomic E-state index is -0.761. The molecule has 1 aliphatic carbocycles. The van der Waals surface area contributed by atoms with Gasteiger partial charge in [-0.1, -0.05) is 18.0 Å². The van der Waals surface area contributed by atoms with Crippen molar-refractivity contribution in [2.45, 2.75) is 31.6 Å². The van der Waals surface area contributed by atoms with E-state index in [0.717, 1.165) is 18.9 Å². The summed E-state index contributed by atoms with van der Waals surface area (Å²) >= 11 is 6.01. The highest BCUT2D eigenvalue weighted by Crippen LogP contribution is 2.38. The van der Waals surface area contributed by atoms with Crippen molar-refractivity contribution in [1.82, 2.24) is 9.97 Å². The third-order valence-electron chi connectivity index (χ3n) is 4.34. The average molecular weight is 380 g/mol. The molecule has 0 radical (unpaired) electrons. The number of ketones is 1. The predicted octanol–water partition coefficient (Wildman–Crippen LogP) is 4.08. The van der Waals surface area contributed by atoms with Crippen LogP contribution in [0.15, 0.2) is 18.2 Å². The van der Waals surface area contributed by atoms with Crippen molar-refractivity contribution in [3.05, 3.63) is 45.1 Å². The van der Waals surface area contributed by atoms with Crippen molar-refractivity contribution < 1.29 is 18.8 Å². The number of carbonyl (C=O) groups excluding carboxylic acids is 1. The minimum Gasteiger partial charge on any atom is -0.497 e. The molecule has 0 N–H and O–H groups in total. The molecule has 136 valence electrons. The first-order chi connectivity index (χ1) is 12.4. The molecule has 0 aliphatic heterocycles. The molecular weight excluding hydrogens is 365 g/mol. The summed E-state index contributed by atoms with van der Waals surface area (Å²) in [4.78, 5) is 31.0. The minimum absolute atomic E-state index is 0.0433. The summed E-state index contributed by atoms with van der Waals surface area (Å²) in [5.41, 5.74) is -1.00. The summed E-state index contributed by atoms with van der Waals surface area (Å²) in [5.74, 6) is -0.958. The number of rotatable bonds is 4. The Hall–Kier alpha value is -2.61. The number of hydrogen-bond acceptors (Lipinski definition) is 6. The highest BCUT2D eigenvalue weighted by Gasteiger charge is 2.32. The topological polar surface area (TPSA) is 95.2 Å². The Morgan fingerprint density at radius 3 is 2.77 bits per heavy atom. The zero-order valence-corrected chi connectivity index (χ0v) is 14.6. The van der Waals surface area contributed by atoms with E-state index in [2.05, 4.69) is 9.97 Å². The van der Waals surface area contributed by atoms with Gasteiger partial charge in [0, 0.05) is 12.0 Å². The molecule has 0 amide bonds. The number of hydrogen-bond donors (Lipinski definition) is 0. The molecule has 0 spiro atoms. The first-order valence-corrected chi connectivity index (χ1v) is 8.38. The van der Waals surface area contributed by atoms with Crippen LogP contribution in [0.4, 0.5) is 10.1 Å². The van der Waals surface area contributed by atoms with Crippen LogP contribution in [0.25, 0.3) is 11.3 Å². The van der Waals surface area contributed by atoms with E-state index in [4.69, 9.17) is 16.3 Å². The highest BCUT2D eigenvalue weighted by molar-refractivity contribution is 6.32. The van der Waals surface area contributed by atoms with Gasteiger partial charge < -0.3 is 4.74 Å².